The zero-order chi connectivity index (χ0) is 11.6. The highest BCUT2D eigenvalue weighted by molar-refractivity contribution is 5.96. The second-order valence-electron chi connectivity index (χ2n) is 4.31. The lowest BCUT2D eigenvalue weighted by molar-refractivity contribution is 0.0962. The van der Waals surface area contributed by atoms with Crippen LogP contribution in [0.5, 0.6) is 0 Å². The van der Waals surface area contributed by atoms with E-state index >= 15 is 0 Å². The van der Waals surface area contributed by atoms with Crippen LogP contribution in [-0.2, 0) is 5.54 Å². The minimum absolute atomic E-state index is 0.197. The Labute approximate surface area is 89.5 Å². The fraction of sp³-hybridized carbons (Fsp3) is 0.455. The number of nitrogens with zero attached hydrogens (tertiary/aromatic N) is 2. The summed E-state index contributed by atoms with van der Waals surface area (Å²) < 4.78 is 1.80. The predicted molar refractivity (Wildman–Crippen MR) is 57.5 cm³/mol. The standard InChI is InChI=1S/C11H15N3O/c1-11(2,3)14-6-5-8(9(14)7-12)10(15)13-4/h5-6H,1-4H3,(H,13,15). The van der Waals surface area contributed by atoms with Gasteiger partial charge in [-0.15, -0.1) is 0 Å². The molecule has 80 valence electrons. The van der Waals surface area contributed by atoms with Gasteiger partial charge in [0.05, 0.1) is 5.56 Å². The third-order valence-electron chi connectivity index (χ3n) is 2.19. The van der Waals surface area contributed by atoms with Crippen LogP contribution in [0.3, 0.4) is 0 Å². The molecule has 0 saturated heterocycles. The van der Waals surface area contributed by atoms with Gasteiger partial charge in [-0.3, -0.25) is 4.79 Å². The summed E-state index contributed by atoms with van der Waals surface area (Å²) in [4.78, 5) is 11.5. The molecule has 1 N–H and O–H groups in total. The van der Waals surface area contributed by atoms with Crippen LogP contribution in [0.25, 0.3) is 0 Å². The van der Waals surface area contributed by atoms with Gasteiger partial charge < -0.3 is 9.88 Å². The van der Waals surface area contributed by atoms with Crippen LogP contribution in [-0.4, -0.2) is 17.5 Å². The van der Waals surface area contributed by atoms with Crippen molar-refractivity contribution in [2.24, 2.45) is 0 Å². The number of aromatic nitrogens is 1. The molecule has 0 fully saturated rings. The molecule has 1 rings (SSSR count). The summed E-state index contributed by atoms with van der Waals surface area (Å²) in [6.45, 7) is 5.96. The van der Waals surface area contributed by atoms with Crippen molar-refractivity contribution in [1.29, 1.82) is 5.26 Å². The quantitative estimate of drug-likeness (QED) is 0.754. The fourth-order valence-electron chi connectivity index (χ4n) is 1.42. The Morgan fingerprint density at radius 2 is 2.13 bits per heavy atom. The molecule has 4 heteroatoms. The van der Waals surface area contributed by atoms with E-state index in [0.29, 0.717) is 11.3 Å². The lowest BCUT2D eigenvalue weighted by Crippen LogP contribution is -2.24. The largest absolute Gasteiger partial charge is 0.355 e. The van der Waals surface area contributed by atoms with Gasteiger partial charge in [-0.1, -0.05) is 0 Å². The van der Waals surface area contributed by atoms with E-state index in [1.165, 1.54) is 0 Å². The van der Waals surface area contributed by atoms with Crippen molar-refractivity contribution in [3.8, 4) is 6.07 Å². The molecule has 0 atom stereocenters. The summed E-state index contributed by atoms with van der Waals surface area (Å²) in [5.74, 6) is -0.227. The number of hydrogen-bond acceptors (Lipinski definition) is 2. The van der Waals surface area contributed by atoms with Crippen LogP contribution in [0.4, 0.5) is 0 Å². The maximum Gasteiger partial charge on any atom is 0.253 e. The fourth-order valence-corrected chi connectivity index (χ4v) is 1.42. The molecule has 1 aromatic rings. The predicted octanol–water partition coefficient (Wildman–Crippen LogP) is 1.47. The molecule has 0 aliphatic carbocycles. The molecule has 0 saturated carbocycles. The van der Waals surface area contributed by atoms with Crippen LogP contribution in [0.1, 0.15) is 36.8 Å². The Morgan fingerprint density at radius 1 is 1.53 bits per heavy atom. The highest BCUT2D eigenvalue weighted by atomic mass is 16.1. The molecule has 0 radical (unpaired) electrons. The van der Waals surface area contributed by atoms with Gasteiger partial charge in [0.15, 0.2) is 0 Å². The van der Waals surface area contributed by atoms with Gasteiger partial charge in [-0.2, -0.15) is 5.26 Å². The number of amides is 1. The van der Waals surface area contributed by atoms with E-state index in [1.807, 2.05) is 20.8 Å². The lowest BCUT2D eigenvalue weighted by atomic mass is 10.1. The van der Waals surface area contributed by atoms with Crippen molar-refractivity contribution < 1.29 is 4.79 Å². The Kier molecular flexibility index (Phi) is 2.85. The first-order valence-corrected chi connectivity index (χ1v) is 4.76. The van der Waals surface area contributed by atoms with E-state index in [9.17, 15) is 4.79 Å². The third kappa shape index (κ3) is 2.01. The van der Waals surface area contributed by atoms with Crippen molar-refractivity contribution in [2.45, 2.75) is 26.3 Å². The monoisotopic (exact) mass is 205 g/mol. The molecule has 0 aliphatic rings. The van der Waals surface area contributed by atoms with Crippen molar-refractivity contribution in [3.05, 3.63) is 23.5 Å². The normalized spacial score (nSPS) is 10.9. The van der Waals surface area contributed by atoms with Crippen molar-refractivity contribution in [3.63, 3.8) is 0 Å². The van der Waals surface area contributed by atoms with Crippen LogP contribution in [0.2, 0.25) is 0 Å². The van der Waals surface area contributed by atoms with E-state index in [-0.39, 0.29) is 11.4 Å². The number of nitrogens with one attached hydrogen (secondary N) is 1. The molecule has 1 heterocycles. The van der Waals surface area contributed by atoms with Crippen molar-refractivity contribution in [1.82, 2.24) is 9.88 Å². The Morgan fingerprint density at radius 3 is 2.53 bits per heavy atom. The molecule has 0 spiro atoms. The minimum atomic E-state index is -0.227. The first-order chi connectivity index (χ1) is 6.91. The van der Waals surface area contributed by atoms with Crippen LogP contribution in [0.15, 0.2) is 12.3 Å². The average Bonchev–Trinajstić information content (AvgIpc) is 2.59. The van der Waals surface area contributed by atoms with Crippen LogP contribution in [0, 0.1) is 11.3 Å². The molecule has 0 aliphatic heterocycles. The summed E-state index contributed by atoms with van der Waals surface area (Å²) >= 11 is 0. The smallest absolute Gasteiger partial charge is 0.253 e. The Hall–Kier alpha value is -1.76. The van der Waals surface area contributed by atoms with E-state index in [4.69, 9.17) is 5.26 Å². The molecular weight excluding hydrogens is 190 g/mol. The van der Waals surface area contributed by atoms with Gasteiger partial charge in [0.25, 0.3) is 5.91 Å². The molecule has 4 nitrogen and oxygen atoms in total. The average molecular weight is 205 g/mol. The second kappa shape index (κ2) is 3.77. The number of rotatable bonds is 1. The van der Waals surface area contributed by atoms with Crippen molar-refractivity contribution >= 4 is 5.91 Å². The molecule has 0 bridgehead atoms. The lowest BCUT2D eigenvalue weighted by Gasteiger charge is -2.22. The number of hydrogen-bond donors (Lipinski definition) is 1. The van der Waals surface area contributed by atoms with Gasteiger partial charge in [0, 0.05) is 18.8 Å². The van der Waals surface area contributed by atoms with Gasteiger partial charge >= 0.3 is 0 Å². The van der Waals surface area contributed by atoms with Gasteiger partial charge in [0.2, 0.25) is 0 Å². The van der Waals surface area contributed by atoms with E-state index in [1.54, 1.807) is 23.9 Å². The van der Waals surface area contributed by atoms with Crippen LogP contribution < -0.4 is 5.32 Å². The Bertz CT molecular complexity index is 418. The van der Waals surface area contributed by atoms with E-state index in [0.717, 1.165) is 0 Å². The van der Waals surface area contributed by atoms with E-state index in [2.05, 4.69) is 11.4 Å². The summed E-state index contributed by atoms with van der Waals surface area (Å²) in [7, 11) is 1.55. The highest BCUT2D eigenvalue weighted by Gasteiger charge is 2.21. The molecule has 1 amide bonds. The molecule has 0 aromatic carbocycles. The SMILES string of the molecule is CNC(=O)c1ccn(C(C)(C)C)c1C#N. The zero-order valence-electron chi connectivity index (χ0n) is 9.46. The Balaban J connectivity index is 3.32. The third-order valence-corrected chi connectivity index (χ3v) is 2.19. The summed E-state index contributed by atoms with van der Waals surface area (Å²) in [6, 6.07) is 3.74. The highest BCUT2D eigenvalue weighted by Crippen LogP contribution is 2.20. The maximum atomic E-state index is 11.5. The maximum absolute atomic E-state index is 11.5. The van der Waals surface area contributed by atoms with E-state index < -0.39 is 0 Å². The van der Waals surface area contributed by atoms with Crippen LogP contribution >= 0.6 is 0 Å². The first kappa shape index (κ1) is 11.3. The summed E-state index contributed by atoms with van der Waals surface area (Å²) in [5, 5.41) is 11.6. The van der Waals surface area contributed by atoms with Gasteiger partial charge in [-0.05, 0) is 26.8 Å². The number of carbonyl (C=O) groups excluding carboxylic acids is 1. The first-order valence-electron chi connectivity index (χ1n) is 4.76. The summed E-state index contributed by atoms with van der Waals surface area (Å²) in [6.07, 6.45) is 1.77. The van der Waals surface area contributed by atoms with Crippen molar-refractivity contribution in [2.75, 3.05) is 7.05 Å². The number of carbonyl (C=O) groups is 1. The second-order valence-corrected chi connectivity index (χ2v) is 4.31. The minimum Gasteiger partial charge on any atom is -0.355 e. The number of nitriles is 1. The molecule has 1 aromatic heterocycles. The molecule has 0 unspecified atom stereocenters. The van der Waals surface area contributed by atoms with Gasteiger partial charge in [0.1, 0.15) is 11.8 Å². The summed E-state index contributed by atoms with van der Waals surface area (Å²) in [5.41, 5.74) is 0.633. The van der Waals surface area contributed by atoms with Gasteiger partial charge in [-0.25, -0.2) is 0 Å². The molecular formula is C11H15N3O. The topological polar surface area (TPSA) is 57.8 Å². The zero-order valence-corrected chi connectivity index (χ0v) is 9.46. The molecule has 15 heavy (non-hydrogen) atoms.